The third-order valence-corrected chi connectivity index (χ3v) is 7.01. The van der Waals surface area contributed by atoms with Crippen LogP contribution in [0, 0.1) is 5.92 Å². The summed E-state index contributed by atoms with van der Waals surface area (Å²) in [6.07, 6.45) is -17.7. The van der Waals surface area contributed by atoms with Gasteiger partial charge in [-0.05, 0) is 6.92 Å². The van der Waals surface area contributed by atoms with E-state index in [1.165, 1.54) is 7.11 Å². The molecule has 0 aliphatic carbocycles. The summed E-state index contributed by atoms with van der Waals surface area (Å²) in [5.74, 6) is -0.919. The summed E-state index contributed by atoms with van der Waals surface area (Å²) in [4.78, 5) is 0. The number of nitrogens with two attached hydrogens (primary N) is 1. The molecule has 0 aromatic rings. The molecule has 0 spiro atoms. The predicted octanol–water partition coefficient (Wildman–Crippen LogP) is -5.66. The van der Waals surface area contributed by atoms with Gasteiger partial charge in [0.2, 0.25) is 0 Å². The molecule has 0 aromatic carbocycles. The molecule has 12 unspecified atom stereocenters. The highest BCUT2D eigenvalue weighted by Crippen LogP contribution is 2.31. The van der Waals surface area contributed by atoms with E-state index in [4.69, 9.17) is 38.9 Å². The SMILES string of the molecule is CCO[C@H]1OC(CO)C(CO[C@@H]2OC(CO)C(O[C@H]3OC(COC)C(O)C(O)C3O)C(O)C2N)C(O)C1O. The first-order valence-electron chi connectivity index (χ1n) is 12.5. The van der Waals surface area contributed by atoms with E-state index >= 15 is 0 Å². The Bertz CT molecular complexity index is 704. The zero-order valence-corrected chi connectivity index (χ0v) is 21.2. The molecular formula is C22H41NO15. The molecule has 16 heteroatoms. The summed E-state index contributed by atoms with van der Waals surface area (Å²) >= 11 is 0. The average molecular weight is 560 g/mol. The number of rotatable bonds is 11. The van der Waals surface area contributed by atoms with Gasteiger partial charge >= 0.3 is 0 Å². The highest BCUT2D eigenvalue weighted by Gasteiger charge is 2.51. The van der Waals surface area contributed by atoms with Crippen LogP contribution in [0.25, 0.3) is 0 Å². The topological polar surface area (TPSA) is 252 Å². The molecule has 0 aromatic heterocycles. The van der Waals surface area contributed by atoms with Crippen LogP contribution in [0.1, 0.15) is 6.92 Å². The third-order valence-electron chi connectivity index (χ3n) is 7.01. The van der Waals surface area contributed by atoms with Crippen LogP contribution in [0.3, 0.4) is 0 Å². The van der Waals surface area contributed by atoms with E-state index < -0.39 is 105 Å². The highest BCUT2D eigenvalue weighted by atomic mass is 16.7. The Kier molecular flexibility index (Phi) is 12.0. The third kappa shape index (κ3) is 6.80. The summed E-state index contributed by atoms with van der Waals surface area (Å²) in [7, 11) is 1.35. The zero-order valence-electron chi connectivity index (χ0n) is 21.2. The van der Waals surface area contributed by atoms with Crippen LogP contribution in [0.15, 0.2) is 0 Å². The number of methoxy groups -OCH3 is 1. The van der Waals surface area contributed by atoms with Gasteiger partial charge in [0.15, 0.2) is 18.9 Å². The summed E-state index contributed by atoms with van der Waals surface area (Å²) in [6, 6.07) is -1.26. The second kappa shape index (κ2) is 14.3. The van der Waals surface area contributed by atoms with Crippen molar-refractivity contribution in [1.82, 2.24) is 0 Å². The number of aliphatic hydroxyl groups is 8. The fourth-order valence-corrected chi connectivity index (χ4v) is 4.77. The van der Waals surface area contributed by atoms with E-state index in [0.29, 0.717) is 0 Å². The molecule has 0 bridgehead atoms. The van der Waals surface area contributed by atoms with Gasteiger partial charge in [0.25, 0.3) is 0 Å². The van der Waals surface area contributed by atoms with Crippen molar-refractivity contribution >= 4 is 0 Å². The Morgan fingerprint density at radius 2 is 1.26 bits per heavy atom. The minimum atomic E-state index is -1.70. The first-order valence-corrected chi connectivity index (χ1v) is 12.5. The van der Waals surface area contributed by atoms with Gasteiger partial charge < -0.3 is 79.7 Å². The van der Waals surface area contributed by atoms with Gasteiger partial charge in [0, 0.05) is 19.6 Å². The molecule has 3 saturated heterocycles. The van der Waals surface area contributed by atoms with Crippen LogP contribution in [0.2, 0.25) is 0 Å². The maximum absolute atomic E-state index is 10.9. The van der Waals surface area contributed by atoms with E-state index in [2.05, 4.69) is 0 Å². The molecule has 3 rings (SSSR count). The van der Waals surface area contributed by atoms with Crippen LogP contribution in [-0.4, -0.2) is 167 Å². The predicted molar refractivity (Wildman–Crippen MR) is 122 cm³/mol. The van der Waals surface area contributed by atoms with Crippen LogP contribution < -0.4 is 5.73 Å². The van der Waals surface area contributed by atoms with Crippen LogP contribution in [-0.2, 0) is 33.2 Å². The standard InChI is InChI=1S/C22H41NO15/c1-3-33-21-17(30)13(26)8(9(4-24)35-21)6-34-20-12(23)15(28)19(10(5-25)36-20)38-22-18(31)16(29)14(27)11(37-22)7-32-2/h8-22,24-31H,3-7,23H2,1-2H3/t8?,9?,10?,11?,12?,13?,14?,15?,16?,17?,18?,19?,20-,21+,22-/m1/s1. The van der Waals surface area contributed by atoms with Gasteiger partial charge in [-0.15, -0.1) is 0 Å². The van der Waals surface area contributed by atoms with E-state index in [1.54, 1.807) is 6.92 Å². The van der Waals surface area contributed by atoms with Crippen molar-refractivity contribution in [2.45, 2.75) is 92.9 Å². The highest BCUT2D eigenvalue weighted by molar-refractivity contribution is 4.96. The molecule has 3 aliphatic heterocycles. The molecule has 10 N–H and O–H groups in total. The molecule has 3 heterocycles. The van der Waals surface area contributed by atoms with Crippen LogP contribution >= 0.6 is 0 Å². The first-order chi connectivity index (χ1) is 18.1. The number of ether oxygens (including phenoxy) is 7. The Morgan fingerprint density at radius 3 is 1.87 bits per heavy atom. The smallest absolute Gasteiger partial charge is 0.187 e. The second-order valence-electron chi connectivity index (χ2n) is 9.52. The molecular weight excluding hydrogens is 518 g/mol. The summed E-state index contributed by atoms with van der Waals surface area (Å²) in [5.41, 5.74) is 6.11. The van der Waals surface area contributed by atoms with Gasteiger partial charge in [-0.3, -0.25) is 0 Å². The zero-order chi connectivity index (χ0) is 28.1. The van der Waals surface area contributed by atoms with Gasteiger partial charge in [0.1, 0.15) is 48.8 Å². The van der Waals surface area contributed by atoms with Crippen LogP contribution in [0.5, 0.6) is 0 Å². The van der Waals surface area contributed by atoms with Crippen molar-refractivity contribution in [2.75, 3.05) is 40.1 Å². The summed E-state index contributed by atoms with van der Waals surface area (Å²) in [5, 5.41) is 81.9. The lowest BCUT2D eigenvalue weighted by molar-refractivity contribution is -0.350. The van der Waals surface area contributed by atoms with Gasteiger partial charge in [0.05, 0.1) is 44.7 Å². The molecule has 15 atom stereocenters. The molecule has 16 nitrogen and oxygen atoms in total. The number of hydrogen-bond donors (Lipinski definition) is 9. The minimum Gasteiger partial charge on any atom is -0.394 e. The number of hydrogen-bond acceptors (Lipinski definition) is 16. The molecule has 0 radical (unpaired) electrons. The maximum atomic E-state index is 10.9. The molecule has 3 fully saturated rings. The number of aliphatic hydroxyl groups excluding tert-OH is 8. The molecule has 3 aliphatic rings. The largest absolute Gasteiger partial charge is 0.394 e. The molecule has 0 amide bonds. The lowest BCUT2D eigenvalue weighted by Crippen LogP contribution is -2.66. The quantitative estimate of drug-likeness (QED) is 0.114. The molecule has 224 valence electrons. The van der Waals surface area contributed by atoms with Crippen molar-refractivity contribution in [3.63, 3.8) is 0 Å². The minimum absolute atomic E-state index is 0.126. The lowest BCUT2D eigenvalue weighted by Gasteiger charge is -2.47. The fourth-order valence-electron chi connectivity index (χ4n) is 4.77. The van der Waals surface area contributed by atoms with E-state index in [-0.39, 0.29) is 19.8 Å². The Hall–Kier alpha value is -0.640. The lowest BCUT2D eigenvalue weighted by atomic mass is 9.89. The molecule has 0 saturated carbocycles. The normalized spacial score (nSPS) is 48.2. The maximum Gasteiger partial charge on any atom is 0.187 e. The Labute approximate surface area is 219 Å². The van der Waals surface area contributed by atoms with Crippen molar-refractivity contribution in [3.05, 3.63) is 0 Å². The second-order valence-corrected chi connectivity index (χ2v) is 9.52. The Balaban J connectivity index is 1.65. The van der Waals surface area contributed by atoms with Crippen molar-refractivity contribution in [1.29, 1.82) is 0 Å². The van der Waals surface area contributed by atoms with E-state index in [9.17, 15) is 40.9 Å². The van der Waals surface area contributed by atoms with Crippen molar-refractivity contribution in [3.8, 4) is 0 Å². The van der Waals surface area contributed by atoms with Gasteiger partial charge in [-0.25, -0.2) is 0 Å². The molecule has 38 heavy (non-hydrogen) atoms. The van der Waals surface area contributed by atoms with Crippen molar-refractivity contribution < 1.29 is 74.0 Å². The van der Waals surface area contributed by atoms with Gasteiger partial charge in [-0.2, -0.15) is 0 Å². The van der Waals surface area contributed by atoms with Gasteiger partial charge in [-0.1, -0.05) is 0 Å². The van der Waals surface area contributed by atoms with Crippen LogP contribution in [0.4, 0.5) is 0 Å². The summed E-state index contributed by atoms with van der Waals surface area (Å²) < 4.78 is 38.2. The summed E-state index contributed by atoms with van der Waals surface area (Å²) in [6.45, 7) is 0.261. The first kappa shape index (κ1) is 31.9. The average Bonchev–Trinajstić information content (AvgIpc) is 2.91. The van der Waals surface area contributed by atoms with E-state index in [0.717, 1.165) is 0 Å². The van der Waals surface area contributed by atoms with E-state index in [1.807, 2.05) is 0 Å². The fraction of sp³-hybridized carbons (Fsp3) is 1.00. The Morgan fingerprint density at radius 1 is 0.658 bits per heavy atom. The monoisotopic (exact) mass is 559 g/mol. The van der Waals surface area contributed by atoms with Crippen molar-refractivity contribution in [2.24, 2.45) is 11.7 Å².